The van der Waals surface area contributed by atoms with E-state index in [4.69, 9.17) is 0 Å². The first-order chi connectivity index (χ1) is 7.88. The Kier molecular flexibility index (Phi) is 4.14. The molecule has 1 aromatic heterocycles. The minimum Gasteiger partial charge on any atom is -0.396 e. The molecule has 84 valence electrons. The minimum absolute atomic E-state index is 0.257. The van der Waals surface area contributed by atoms with Crippen molar-refractivity contribution in [3.05, 3.63) is 58.3 Å². The average molecular weight is 232 g/mol. The van der Waals surface area contributed by atoms with Crippen molar-refractivity contribution in [1.82, 2.24) is 0 Å². The minimum atomic E-state index is 0.257. The molecule has 2 aromatic rings. The number of thiophene rings is 1. The molecule has 0 aliphatic heterocycles. The molecule has 0 bridgehead atoms. The van der Waals surface area contributed by atoms with Crippen LogP contribution in [-0.4, -0.2) is 11.7 Å². The molecule has 2 heteroatoms. The molecule has 2 rings (SSSR count). The Balaban J connectivity index is 1.96. The first-order valence-electron chi connectivity index (χ1n) is 5.55. The smallest absolute Gasteiger partial charge is 0.0465 e. The van der Waals surface area contributed by atoms with Gasteiger partial charge < -0.3 is 5.11 Å². The van der Waals surface area contributed by atoms with E-state index in [1.165, 1.54) is 10.4 Å². The predicted molar refractivity (Wildman–Crippen MR) is 68.7 cm³/mol. The molecule has 0 aliphatic carbocycles. The van der Waals surface area contributed by atoms with Crippen LogP contribution < -0.4 is 0 Å². The van der Waals surface area contributed by atoms with E-state index < -0.39 is 0 Å². The van der Waals surface area contributed by atoms with Gasteiger partial charge in [-0.25, -0.2) is 0 Å². The van der Waals surface area contributed by atoms with E-state index in [0.717, 1.165) is 12.8 Å². The number of benzene rings is 1. The molecule has 1 heterocycles. The lowest BCUT2D eigenvalue weighted by Gasteiger charge is -2.12. The van der Waals surface area contributed by atoms with Gasteiger partial charge in [0, 0.05) is 11.5 Å². The third-order valence-electron chi connectivity index (χ3n) is 2.70. The van der Waals surface area contributed by atoms with Crippen LogP contribution in [0.4, 0.5) is 0 Å². The van der Waals surface area contributed by atoms with Crippen LogP contribution in [0.5, 0.6) is 0 Å². The highest BCUT2D eigenvalue weighted by atomic mass is 32.1. The fourth-order valence-electron chi connectivity index (χ4n) is 1.86. The van der Waals surface area contributed by atoms with Crippen LogP contribution in [0.1, 0.15) is 10.4 Å². The van der Waals surface area contributed by atoms with E-state index in [0.29, 0.717) is 5.92 Å². The van der Waals surface area contributed by atoms with Crippen molar-refractivity contribution in [2.24, 2.45) is 5.92 Å². The van der Waals surface area contributed by atoms with Gasteiger partial charge in [-0.05, 0) is 35.8 Å². The maximum atomic E-state index is 9.39. The van der Waals surface area contributed by atoms with Crippen molar-refractivity contribution in [2.45, 2.75) is 12.8 Å². The highest BCUT2D eigenvalue weighted by molar-refractivity contribution is 7.09. The average Bonchev–Trinajstić information content (AvgIpc) is 2.82. The van der Waals surface area contributed by atoms with Crippen LogP contribution in [0.3, 0.4) is 0 Å². The predicted octanol–water partition coefficient (Wildman–Crippen LogP) is 3.14. The van der Waals surface area contributed by atoms with Gasteiger partial charge in [0.15, 0.2) is 0 Å². The summed E-state index contributed by atoms with van der Waals surface area (Å²) in [5.41, 5.74) is 1.30. The highest BCUT2D eigenvalue weighted by Crippen LogP contribution is 2.17. The fourth-order valence-corrected chi connectivity index (χ4v) is 2.68. The van der Waals surface area contributed by atoms with Gasteiger partial charge >= 0.3 is 0 Å². The van der Waals surface area contributed by atoms with Crippen LogP contribution in [0, 0.1) is 5.92 Å². The third-order valence-corrected chi connectivity index (χ3v) is 3.59. The Morgan fingerprint density at radius 2 is 1.81 bits per heavy atom. The van der Waals surface area contributed by atoms with Crippen molar-refractivity contribution in [1.29, 1.82) is 0 Å². The molecule has 1 unspecified atom stereocenters. The first-order valence-corrected chi connectivity index (χ1v) is 6.43. The zero-order valence-electron chi connectivity index (χ0n) is 9.17. The monoisotopic (exact) mass is 232 g/mol. The van der Waals surface area contributed by atoms with Gasteiger partial charge in [0.1, 0.15) is 0 Å². The van der Waals surface area contributed by atoms with Crippen LogP contribution >= 0.6 is 11.3 Å². The second-order valence-corrected chi connectivity index (χ2v) is 5.05. The lowest BCUT2D eigenvalue weighted by molar-refractivity contribution is 0.225. The summed E-state index contributed by atoms with van der Waals surface area (Å²) < 4.78 is 0. The largest absolute Gasteiger partial charge is 0.396 e. The molecule has 1 aromatic carbocycles. The van der Waals surface area contributed by atoms with Gasteiger partial charge in [-0.15, -0.1) is 11.3 Å². The van der Waals surface area contributed by atoms with Gasteiger partial charge in [-0.2, -0.15) is 0 Å². The SMILES string of the molecule is OCC(Cc1ccccc1)Cc1cccs1. The molecule has 0 aliphatic rings. The standard InChI is InChI=1S/C14H16OS/c15-11-13(10-14-7-4-8-16-14)9-12-5-2-1-3-6-12/h1-8,13,15H,9-11H2. The summed E-state index contributed by atoms with van der Waals surface area (Å²) in [4.78, 5) is 1.36. The Bertz CT molecular complexity index is 394. The normalized spacial score (nSPS) is 12.6. The van der Waals surface area contributed by atoms with Gasteiger partial charge in [-0.3, -0.25) is 0 Å². The maximum Gasteiger partial charge on any atom is 0.0465 e. The summed E-state index contributed by atoms with van der Waals surface area (Å²) in [5, 5.41) is 11.5. The van der Waals surface area contributed by atoms with E-state index >= 15 is 0 Å². The zero-order valence-corrected chi connectivity index (χ0v) is 9.99. The molecular weight excluding hydrogens is 216 g/mol. The van der Waals surface area contributed by atoms with Gasteiger partial charge in [0.05, 0.1) is 0 Å². The number of aliphatic hydroxyl groups excluding tert-OH is 1. The van der Waals surface area contributed by atoms with E-state index in [-0.39, 0.29) is 6.61 Å². The second kappa shape index (κ2) is 5.83. The Morgan fingerprint density at radius 3 is 2.44 bits per heavy atom. The van der Waals surface area contributed by atoms with Crippen LogP contribution in [0.25, 0.3) is 0 Å². The Morgan fingerprint density at radius 1 is 1.00 bits per heavy atom. The molecule has 1 nitrogen and oxygen atoms in total. The molecular formula is C14H16OS. The molecule has 0 radical (unpaired) electrons. The van der Waals surface area contributed by atoms with Crippen molar-refractivity contribution in [3.63, 3.8) is 0 Å². The Hall–Kier alpha value is -1.12. The number of hydrogen-bond donors (Lipinski definition) is 1. The van der Waals surface area contributed by atoms with Crippen molar-refractivity contribution >= 4 is 11.3 Å². The summed E-state index contributed by atoms with van der Waals surface area (Å²) >= 11 is 1.77. The molecule has 0 amide bonds. The molecule has 0 saturated carbocycles. The summed E-state index contributed by atoms with van der Waals surface area (Å²) in [7, 11) is 0. The molecule has 1 N–H and O–H groups in total. The summed E-state index contributed by atoms with van der Waals surface area (Å²) in [6, 6.07) is 14.6. The molecule has 0 saturated heterocycles. The second-order valence-electron chi connectivity index (χ2n) is 4.02. The van der Waals surface area contributed by atoms with E-state index in [1.54, 1.807) is 11.3 Å². The number of rotatable bonds is 5. The quantitative estimate of drug-likeness (QED) is 0.839. The lowest BCUT2D eigenvalue weighted by Crippen LogP contribution is -2.12. The van der Waals surface area contributed by atoms with Gasteiger partial charge in [-0.1, -0.05) is 36.4 Å². The lowest BCUT2D eigenvalue weighted by atomic mass is 9.96. The van der Waals surface area contributed by atoms with E-state index in [9.17, 15) is 5.11 Å². The highest BCUT2D eigenvalue weighted by Gasteiger charge is 2.09. The summed E-state index contributed by atoms with van der Waals surface area (Å²) in [5.74, 6) is 0.334. The molecule has 16 heavy (non-hydrogen) atoms. The number of aliphatic hydroxyl groups is 1. The van der Waals surface area contributed by atoms with Crippen LogP contribution in [-0.2, 0) is 12.8 Å². The number of hydrogen-bond acceptors (Lipinski definition) is 2. The Labute approximate surface area is 100 Å². The molecule has 1 atom stereocenters. The van der Waals surface area contributed by atoms with E-state index in [1.807, 2.05) is 6.07 Å². The van der Waals surface area contributed by atoms with E-state index in [2.05, 4.69) is 41.8 Å². The van der Waals surface area contributed by atoms with Crippen LogP contribution in [0.15, 0.2) is 47.8 Å². The molecule has 0 fully saturated rings. The maximum absolute atomic E-state index is 9.39. The third kappa shape index (κ3) is 3.19. The van der Waals surface area contributed by atoms with Crippen molar-refractivity contribution in [2.75, 3.05) is 6.61 Å². The van der Waals surface area contributed by atoms with Crippen molar-refractivity contribution < 1.29 is 5.11 Å². The summed E-state index contributed by atoms with van der Waals surface area (Å²) in [6.45, 7) is 0.257. The first kappa shape index (κ1) is 11.4. The fraction of sp³-hybridized carbons (Fsp3) is 0.286. The molecule has 0 spiro atoms. The van der Waals surface area contributed by atoms with Gasteiger partial charge in [0.2, 0.25) is 0 Å². The summed E-state index contributed by atoms with van der Waals surface area (Å²) in [6.07, 6.45) is 1.93. The van der Waals surface area contributed by atoms with Crippen LogP contribution in [0.2, 0.25) is 0 Å². The van der Waals surface area contributed by atoms with Crippen molar-refractivity contribution in [3.8, 4) is 0 Å². The van der Waals surface area contributed by atoms with Gasteiger partial charge in [0.25, 0.3) is 0 Å². The zero-order chi connectivity index (χ0) is 11.2. The topological polar surface area (TPSA) is 20.2 Å².